The van der Waals surface area contributed by atoms with Crippen LogP contribution in [0.4, 0.5) is 5.82 Å². The van der Waals surface area contributed by atoms with E-state index >= 15 is 0 Å². The van der Waals surface area contributed by atoms with Crippen LogP contribution >= 0.6 is 0 Å². The van der Waals surface area contributed by atoms with Gasteiger partial charge >= 0.3 is 0 Å². The Morgan fingerprint density at radius 3 is 3.06 bits per heavy atom. The third-order valence-electron chi connectivity index (χ3n) is 2.71. The second kappa shape index (κ2) is 5.23. The van der Waals surface area contributed by atoms with Gasteiger partial charge in [-0.05, 0) is 13.8 Å². The number of nitrogens with one attached hydrogen (secondary N) is 2. The van der Waals surface area contributed by atoms with E-state index < -0.39 is 0 Å². The van der Waals surface area contributed by atoms with Crippen molar-refractivity contribution in [2.45, 2.75) is 20.0 Å². The Morgan fingerprint density at radius 2 is 2.38 bits per heavy atom. The number of rotatable bonds is 3. The molecule has 1 fully saturated rings. The van der Waals surface area contributed by atoms with E-state index in [1.54, 1.807) is 6.20 Å². The van der Waals surface area contributed by atoms with Crippen LogP contribution in [-0.2, 0) is 4.74 Å². The zero-order chi connectivity index (χ0) is 11.4. The van der Waals surface area contributed by atoms with Gasteiger partial charge in [0.25, 0.3) is 0 Å². The zero-order valence-corrected chi connectivity index (χ0v) is 9.79. The minimum absolute atomic E-state index is 0.220. The van der Waals surface area contributed by atoms with Gasteiger partial charge in [0.2, 0.25) is 0 Å². The third-order valence-corrected chi connectivity index (χ3v) is 2.71. The van der Waals surface area contributed by atoms with Crippen LogP contribution in [-0.4, -0.2) is 42.3 Å². The molecular weight excluding hydrogens is 204 g/mol. The fraction of sp³-hybridized carbons (Fsp3) is 0.636. The minimum atomic E-state index is 0.220. The van der Waals surface area contributed by atoms with Gasteiger partial charge < -0.3 is 15.4 Å². The summed E-state index contributed by atoms with van der Waals surface area (Å²) in [4.78, 5) is 8.67. The minimum Gasteiger partial charge on any atom is -0.374 e. The van der Waals surface area contributed by atoms with E-state index in [9.17, 15) is 0 Å². The maximum atomic E-state index is 5.58. The third kappa shape index (κ3) is 2.90. The van der Waals surface area contributed by atoms with Crippen LogP contribution in [0, 0.1) is 13.8 Å². The molecule has 0 saturated carbocycles. The summed E-state index contributed by atoms with van der Waals surface area (Å²) in [6.45, 7) is 7.31. The van der Waals surface area contributed by atoms with Crippen molar-refractivity contribution in [3.05, 3.63) is 17.6 Å². The summed E-state index contributed by atoms with van der Waals surface area (Å²) in [6, 6.07) is 0. The Balaban J connectivity index is 1.86. The lowest BCUT2D eigenvalue weighted by Crippen LogP contribution is -2.42. The summed E-state index contributed by atoms with van der Waals surface area (Å²) in [6.07, 6.45) is 1.98. The van der Waals surface area contributed by atoms with Gasteiger partial charge in [0, 0.05) is 19.6 Å². The van der Waals surface area contributed by atoms with E-state index in [1.165, 1.54) is 0 Å². The molecule has 1 saturated heterocycles. The molecule has 2 N–H and O–H groups in total. The highest BCUT2D eigenvalue weighted by atomic mass is 16.5. The van der Waals surface area contributed by atoms with Crippen LogP contribution in [0.1, 0.15) is 11.4 Å². The zero-order valence-electron chi connectivity index (χ0n) is 9.79. The molecule has 1 unspecified atom stereocenters. The largest absolute Gasteiger partial charge is 0.374 e. The lowest BCUT2D eigenvalue weighted by molar-refractivity contribution is 0.0372. The number of aromatic nitrogens is 2. The van der Waals surface area contributed by atoms with Crippen LogP contribution in [0.2, 0.25) is 0 Å². The molecule has 16 heavy (non-hydrogen) atoms. The first-order valence-electron chi connectivity index (χ1n) is 5.62. The summed E-state index contributed by atoms with van der Waals surface area (Å²) in [5, 5.41) is 6.53. The van der Waals surface area contributed by atoms with Gasteiger partial charge in [-0.3, -0.25) is 4.98 Å². The molecule has 2 heterocycles. The van der Waals surface area contributed by atoms with E-state index in [4.69, 9.17) is 4.74 Å². The molecule has 0 bridgehead atoms. The fourth-order valence-electron chi connectivity index (χ4n) is 1.60. The Morgan fingerprint density at radius 1 is 1.50 bits per heavy atom. The topological polar surface area (TPSA) is 59.1 Å². The summed E-state index contributed by atoms with van der Waals surface area (Å²) in [5.74, 6) is 0.817. The van der Waals surface area contributed by atoms with Gasteiger partial charge in [-0.25, -0.2) is 4.98 Å². The first-order valence-corrected chi connectivity index (χ1v) is 5.62. The predicted molar refractivity (Wildman–Crippen MR) is 62.6 cm³/mol. The summed E-state index contributed by atoms with van der Waals surface area (Å²) in [5.41, 5.74) is 1.94. The summed E-state index contributed by atoms with van der Waals surface area (Å²) >= 11 is 0. The van der Waals surface area contributed by atoms with Crippen LogP contribution in [0.15, 0.2) is 6.20 Å². The molecule has 1 aliphatic rings. The van der Waals surface area contributed by atoms with Gasteiger partial charge in [-0.1, -0.05) is 0 Å². The number of anilines is 1. The van der Waals surface area contributed by atoms with E-state index in [1.807, 2.05) is 13.8 Å². The monoisotopic (exact) mass is 222 g/mol. The maximum Gasteiger partial charge on any atom is 0.144 e. The van der Waals surface area contributed by atoms with Crippen molar-refractivity contribution in [1.29, 1.82) is 0 Å². The van der Waals surface area contributed by atoms with Gasteiger partial charge in [-0.2, -0.15) is 0 Å². The maximum absolute atomic E-state index is 5.58. The number of morpholine rings is 1. The number of ether oxygens (including phenoxy) is 1. The van der Waals surface area contributed by atoms with E-state index in [0.717, 1.165) is 43.4 Å². The van der Waals surface area contributed by atoms with Crippen LogP contribution in [0.3, 0.4) is 0 Å². The fourth-order valence-corrected chi connectivity index (χ4v) is 1.60. The highest BCUT2D eigenvalue weighted by Crippen LogP contribution is 2.06. The van der Waals surface area contributed by atoms with Crippen molar-refractivity contribution >= 4 is 5.82 Å². The predicted octanol–water partition coefficient (Wildman–Crippen LogP) is 0.494. The number of hydrogen-bond donors (Lipinski definition) is 2. The molecule has 5 nitrogen and oxygen atoms in total. The summed E-state index contributed by atoms with van der Waals surface area (Å²) < 4.78 is 5.58. The average Bonchev–Trinajstić information content (AvgIpc) is 2.32. The normalized spacial score (nSPS) is 20.8. The highest BCUT2D eigenvalue weighted by molar-refractivity contribution is 5.33. The summed E-state index contributed by atoms with van der Waals surface area (Å²) in [7, 11) is 0. The molecule has 0 amide bonds. The van der Waals surface area contributed by atoms with E-state index in [0.29, 0.717) is 0 Å². The molecule has 0 radical (unpaired) electrons. The quantitative estimate of drug-likeness (QED) is 0.779. The first-order chi connectivity index (χ1) is 7.75. The molecular formula is C11H18N4O. The Bertz CT molecular complexity index is 350. The van der Waals surface area contributed by atoms with Gasteiger partial charge in [0.15, 0.2) is 0 Å². The van der Waals surface area contributed by atoms with Crippen molar-refractivity contribution < 1.29 is 4.74 Å². The van der Waals surface area contributed by atoms with Crippen LogP contribution in [0.25, 0.3) is 0 Å². The molecule has 88 valence electrons. The molecule has 2 rings (SSSR count). The van der Waals surface area contributed by atoms with E-state index in [-0.39, 0.29) is 6.10 Å². The number of aryl methyl sites for hydroxylation is 2. The molecule has 1 aromatic heterocycles. The lowest BCUT2D eigenvalue weighted by Gasteiger charge is -2.23. The van der Waals surface area contributed by atoms with E-state index in [2.05, 4.69) is 20.6 Å². The molecule has 1 aromatic rings. The second-order valence-corrected chi connectivity index (χ2v) is 4.00. The Hall–Kier alpha value is -1.20. The van der Waals surface area contributed by atoms with Crippen LogP contribution in [0.5, 0.6) is 0 Å². The second-order valence-electron chi connectivity index (χ2n) is 4.00. The lowest BCUT2D eigenvalue weighted by atomic mass is 10.3. The van der Waals surface area contributed by atoms with Gasteiger partial charge in [0.1, 0.15) is 5.82 Å². The molecule has 1 atom stereocenters. The van der Waals surface area contributed by atoms with Crippen molar-refractivity contribution in [3.63, 3.8) is 0 Å². The molecule has 0 aromatic carbocycles. The van der Waals surface area contributed by atoms with Crippen LogP contribution < -0.4 is 10.6 Å². The number of nitrogens with zero attached hydrogens (tertiary/aromatic N) is 2. The van der Waals surface area contributed by atoms with Gasteiger partial charge in [-0.15, -0.1) is 0 Å². The Labute approximate surface area is 95.6 Å². The molecule has 0 aliphatic carbocycles. The van der Waals surface area contributed by atoms with Gasteiger partial charge in [0.05, 0.1) is 30.3 Å². The Kier molecular flexibility index (Phi) is 3.69. The average molecular weight is 222 g/mol. The van der Waals surface area contributed by atoms with Crippen molar-refractivity contribution in [1.82, 2.24) is 15.3 Å². The highest BCUT2D eigenvalue weighted by Gasteiger charge is 2.12. The van der Waals surface area contributed by atoms with Crippen molar-refractivity contribution in [2.75, 3.05) is 31.6 Å². The number of hydrogen-bond acceptors (Lipinski definition) is 5. The standard InChI is InChI=1S/C11H18N4O/c1-8-9(2)15-11(7-13-8)14-6-10-5-12-3-4-16-10/h7,10,12H,3-6H2,1-2H3,(H,14,15). The van der Waals surface area contributed by atoms with Crippen molar-refractivity contribution in [2.24, 2.45) is 0 Å². The smallest absolute Gasteiger partial charge is 0.144 e. The SMILES string of the molecule is Cc1ncc(NCC2CNCCO2)nc1C. The molecule has 1 aliphatic heterocycles. The van der Waals surface area contributed by atoms with Crippen molar-refractivity contribution in [3.8, 4) is 0 Å². The first kappa shape index (κ1) is 11.3. The molecule has 0 spiro atoms. The molecule has 5 heteroatoms.